The number of alkyl halides is 3. The minimum Gasteiger partial charge on any atom is -0.444 e. The van der Waals surface area contributed by atoms with Crippen LogP contribution in [0.4, 0.5) is 23.7 Å². The second-order valence-electron chi connectivity index (χ2n) is 5.38. The molecule has 0 aromatic heterocycles. The number of benzene rings is 1. The Bertz CT molecular complexity index is 527. The van der Waals surface area contributed by atoms with Crippen molar-refractivity contribution in [1.82, 2.24) is 0 Å². The van der Waals surface area contributed by atoms with Gasteiger partial charge < -0.3 is 10.5 Å². The van der Waals surface area contributed by atoms with Crippen LogP contribution in [-0.2, 0) is 4.74 Å². The standard InChI is InChI=1S/C13H16ClF3N2O2/c1-12(2,3)21-11(20)19-7-4-5-8(9(14)6-7)10(18)13(15,16)17/h4-6,10H,18H2,1-3H3,(H,19,20). The molecule has 0 spiro atoms. The largest absolute Gasteiger partial charge is 0.444 e. The van der Waals surface area contributed by atoms with Gasteiger partial charge in [-0.3, -0.25) is 5.32 Å². The molecule has 21 heavy (non-hydrogen) atoms. The summed E-state index contributed by atoms with van der Waals surface area (Å²) in [5, 5.41) is 2.19. The van der Waals surface area contributed by atoms with Crippen LogP contribution in [0.1, 0.15) is 32.4 Å². The van der Waals surface area contributed by atoms with Gasteiger partial charge in [0.25, 0.3) is 0 Å². The first kappa shape index (κ1) is 17.6. The van der Waals surface area contributed by atoms with Crippen LogP contribution < -0.4 is 11.1 Å². The number of nitrogens with one attached hydrogen (secondary N) is 1. The monoisotopic (exact) mass is 324 g/mol. The van der Waals surface area contributed by atoms with E-state index in [9.17, 15) is 18.0 Å². The Balaban J connectivity index is 2.86. The molecule has 0 aliphatic carbocycles. The van der Waals surface area contributed by atoms with Gasteiger partial charge in [-0.25, -0.2) is 4.79 Å². The van der Waals surface area contributed by atoms with Gasteiger partial charge in [-0.15, -0.1) is 0 Å². The van der Waals surface area contributed by atoms with Crippen LogP contribution in [0.3, 0.4) is 0 Å². The third kappa shape index (κ3) is 5.43. The average molecular weight is 325 g/mol. The molecule has 8 heteroatoms. The third-order valence-electron chi connectivity index (χ3n) is 2.33. The average Bonchev–Trinajstić information content (AvgIpc) is 2.24. The summed E-state index contributed by atoms with van der Waals surface area (Å²) < 4.78 is 42.6. The highest BCUT2D eigenvalue weighted by Crippen LogP contribution is 2.35. The molecule has 1 unspecified atom stereocenters. The summed E-state index contributed by atoms with van der Waals surface area (Å²) in [4.78, 5) is 11.5. The zero-order valence-corrected chi connectivity index (χ0v) is 12.5. The molecule has 1 aromatic carbocycles. The smallest absolute Gasteiger partial charge is 0.412 e. The molecular weight excluding hydrogens is 309 g/mol. The summed E-state index contributed by atoms with van der Waals surface area (Å²) in [6.45, 7) is 5.06. The van der Waals surface area contributed by atoms with Crippen molar-refractivity contribution in [2.75, 3.05) is 5.32 Å². The van der Waals surface area contributed by atoms with Crippen molar-refractivity contribution in [3.63, 3.8) is 0 Å². The fourth-order valence-corrected chi connectivity index (χ4v) is 1.75. The van der Waals surface area contributed by atoms with E-state index >= 15 is 0 Å². The first-order valence-corrected chi connectivity index (χ1v) is 6.39. The predicted molar refractivity (Wildman–Crippen MR) is 74.3 cm³/mol. The second kappa shape index (κ2) is 6.11. The first-order valence-electron chi connectivity index (χ1n) is 6.02. The van der Waals surface area contributed by atoms with Crippen molar-refractivity contribution in [2.45, 2.75) is 38.6 Å². The van der Waals surface area contributed by atoms with E-state index in [-0.39, 0.29) is 16.3 Å². The number of rotatable bonds is 2. The van der Waals surface area contributed by atoms with Crippen LogP contribution in [0.25, 0.3) is 0 Å². The van der Waals surface area contributed by atoms with Gasteiger partial charge >= 0.3 is 12.3 Å². The quantitative estimate of drug-likeness (QED) is 0.854. The maximum Gasteiger partial charge on any atom is 0.412 e. The maximum atomic E-state index is 12.5. The van der Waals surface area contributed by atoms with Crippen molar-refractivity contribution < 1.29 is 22.7 Å². The van der Waals surface area contributed by atoms with Gasteiger partial charge in [0, 0.05) is 10.7 Å². The number of carbonyl (C=O) groups is 1. The van der Waals surface area contributed by atoms with Crippen LogP contribution in [0.15, 0.2) is 18.2 Å². The molecule has 1 aromatic rings. The maximum absolute atomic E-state index is 12.5. The number of amides is 1. The van der Waals surface area contributed by atoms with Gasteiger partial charge in [0.2, 0.25) is 0 Å². The minimum absolute atomic E-state index is 0.187. The highest BCUT2D eigenvalue weighted by Gasteiger charge is 2.38. The fraction of sp³-hybridized carbons (Fsp3) is 0.462. The lowest BCUT2D eigenvalue weighted by molar-refractivity contribution is -0.149. The van der Waals surface area contributed by atoms with Crippen molar-refractivity contribution in [3.8, 4) is 0 Å². The van der Waals surface area contributed by atoms with E-state index in [0.717, 1.165) is 6.07 Å². The number of hydrogen-bond donors (Lipinski definition) is 2. The SMILES string of the molecule is CC(C)(C)OC(=O)Nc1ccc(C(N)C(F)(F)F)c(Cl)c1. The van der Waals surface area contributed by atoms with Crippen molar-refractivity contribution in [2.24, 2.45) is 5.73 Å². The molecule has 3 N–H and O–H groups in total. The molecule has 1 rings (SSSR count). The Morgan fingerprint density at radius 1 is 1.33 bits per heavy atom. The first-order chi connectivity index (χ1) is 9.40. The lowest BCUT2D eigenvalue weighted by Crippen LogP contribution is -2.29. The van der Waals surface area contributed by atoms with Crippen molar-refractivity contribution >= 4 is 23.4 Å². The van der Waals surface area contributed by atoms with Gasteiger partial charge in [0.1, 0.15) is 11.6 Å². The van der Waals surface area contributed by atoms with Crippen LogP contribution in [-0.4, -0.2) is 17.9 Å². The summed E-state index contributed by atoms with van der Waals surface area (Å²) in [6, 6.07) is 1.40. The van der Waals surface area contributed by atoms with E-state index in [2.05, 4.69) is 5.32 Å². The second-order valence-corrected chi connectivity index (χ2v) is 5.79. The van der Waals surface area contributed by atoms with Crippen molar-refractivity contribution in [1.29, 1.82) is 0 Å². The minimum atomic E-state index is -4.59. The lowest BCUT2D eigenvalue weighted by Gasteiger charge is -2.20. The molecule has 0 saturated heterocycles. The van der Waals surface area contributed by atoms with E-state index < -0.39 is 23.9 Å². The Morgan fingerprint density at radius 2 is 1.90 bits per heavy atom. The zero-order chi connectivity index (χ0) is 16.4. The molecular formula is C13H16ClF3N2O2. The molecule has 0 bridgehead atoms. The number of ether oxygens (including phenoxy) is 1. The lowest BCUT2D eigenvalue weighted by atomic mass is 10.1. The molecule has 1 amide bonds. The number of anilines is 1. The number of hydrogen-bond acceptors (Lipinski definition) is 3. The van der Waals surface area contributed by atoms with E-state index in [1.165, 1.54) is 12.1 Å². The number of halogens is 4. The molecule has 0 radical (unpaired) electrons. The highest BCUT2D eigenvalue weighted by molar-refractivity contribution is 6.31. The van der Waals surface area contributed by atoms with Crippen LogP contribution >= 0.6 is 11.6 Å². The van der Waals surface area contributed by atoms with E-state index in [4.69, 9.17) is 22.1 Å². The molecule has 0 fully saturated rings. The molecule has 0 heterocycles. The Kier molecular flexibility index (Phi) is 5.11. The molecule has 1 atom stereocenters. The van der Waals surface area contributed by atoms with Gasteiger partial charge in [-0.1, -0.05) is 17.7 Å². The predicted octanol–water partition coefficient (Wildman–Crippen LogP) is 4.25. The Labute approximate surface area is 125 Å². The molecule has 118 valence electrons. The highest BCUT2D eigenvalue weighted by atomic mass is 35.5. The molecule has 4 nitrogen and oxygen atoms in total. The number of carbonyl (C=O) groups excluding carboxylic acids is 1. The topological polar surface area (TPSA) is 64.3 Å². The summed E-state index contributed by atoms with van der Waals surface area (Å²) in [5.41, 5.74) is 4.35. The zero-order valence-electron chi connectivity index (χ0n) is 11.7. The van der Waals surface area contributed by atoms with E-state index in [1.807, 2.05) is 0 Å². The van der Waals surface area contributed by atoms with Crippen LogP contribution in [0.5, 0.6) is 0 Å². The van der Waals surface area contributed by atoms with Gasteiger partial charge in [-0.05, 0) is 38.5 Å². The van der Waals surface area contributed by atoms with Crippen LogP contribution in [0.2, 0.25) is 5.02 Å². The summed E-state index contributed by atoms with van der Waals surface area (Å²) in [6.07, 6.45) is -5.32. The molecule has 0 saturated carbocycles. The van der Waals surface area contributed by atoms with Gasteiger partial charge in [0.05, 0.1) is 0 Å². The van der Waals surface area contributed by atoms with Gasteiger partial charge in [-0.2, -0.15) is 13.2 Å². The summed E-state index contributed by atoms with van der Waals surface area (Å²) in [7, 11) is 0. The third-order valence-corrected chi connectivity index (χ3v) is 2.66. The van der Waals surface area contributed by atoms with Crippen molar-refractivity contribution in [3.05, 3.63) is 28.8 Å². The Morgan fingerprint density at radius 3 is 2.33 bits per heavy atom. The van der Waals surface area contributed by atoms with Crippen LogP contribution in [0, 0.1) is 0 Å². The number of nitrogens with two attached hydrogens (primary N) is 1. The summed E-state index contributed by atoms with van der Waals surface area (Å²) >= 11 is 5.77. The molecule has 0 aliphatic heterocycles. The normalized spacial score (nSPS) is 13.7. The van der Waals surface area contributed by atoms with E-state index in [1.54, 1.807) is 20.8 Å². The summed E-state index contributed by atoms with van der Waals surface area (Å²) in [5.74, 6) is 0. The molecule has 0 aliphatic rings. The van der Waals surface area contributed by atoms with Gasteiger partial charge in [0.15, 0.2) is 0 Å². The van der Waals surface area contributed by atoms with E-state index in [0.29, 0.717) is 0 Å². The fourth-order valence-electron chi connectivity index (χ4n) is 1.45. The Hall–Kier alpha value is -1.47.